The SMILES string of the molecule is Cc1ncncc1C(=O)N1CCCCCCCCN(Cc2ccccc2)c2ccccc2C1. The van der Waals surface area contributed by atoms with Gasteiger partial charge in [0.25, 0.3) is 5.91 Å². The van der Waals surface area contributed by atoms with Crippen LogP contribution in [0.5, 0.6) is 0 Å². The fourth-order valence-electron chi connectivity index (χ4n) is 4.58. The minimum atomic E-state index is 0.0207. The number of fused-ring (bicyclic) bond motifs is 1. The van der Waals surface area contributed by atoms with E-state index in [0.29, 0.717) is 12.1 Å². The normalized spacial score (nSPS) is 15.7. The Labute approximate surface area is 197 Å². The number of anilines is 1. The highest BCUT2D eigenvalue weighted by atomic mass is 16.2. The highest BCUT2D eigenvalue weighted by Crippen LogP contribution is 2.26. The molecule has 0 N–H and O–H groups in total. The topological polar surface area (TPSA) is 49.3 Å². The van der Waals surface area contributed by atoms with Gasteiger partial charge in [-0.3, -0.25) is 4.79 Å². The summed E-state index contributed by atoms with van der Waals surface area (Å²) in [5, 5.41) is 0. The fraction of sp³-hybridized carbons (Fsp3) is 0.393. The summed E-state index contributed by atoms with van der Waals surface area (Å²) in [6.45, 7) is 5.11. The molecule has 3 aromatic rings. The van der Waals surface area contributed by atoms with Crippen molar-refractivity contribution in [3.05, 3.63) is 89.5 Å². The van der Waals surface area contributed by atoms with Crippen molar-refractivity contribution in [2.24, 2.45) is 0 Å². The molecule has 5 nitrogen and oxygen atoms in total. The molecule has 172 valence electrons. The zero-order chi connectivity index (χ0) is 22.9. The first-order valence-electron chi connectivity index (χ1n) is 12.1. The Balaban J connectivity index is 1.65. The number of rotatable bonds is 3. The molecular weight excluding hydrogens is 408 g/mol. The average molecular weight is 443 g/mol. The van der Waals surface area contributed by atoms with Crippen LogP contribution in [0.3, 0.4) is 0 Å². The van der Waals surface area contributed by atoms with Gasteiger partial charge in [-0.05, 0) is 37.0 Å². The van der Waals surface area contributed by atoms with Gasteiger partial charge in [0.1, 0.15) is 6.33 Å². The maximum Gasteiger partial charge on any atom is 0.257 e. The molecule has 1 aliphatic heterocycles. The number of aromatic nitrogens is 2. The van der Waals surface area contributed by atoms with Crippen LogP contribution < -0.4 is 4.90 Å². The highest BCUT2D eigenvalue weighted by molar-refractivity contribution is 5.95. The second-order valence-electron chi connectivity index (χ2n) is 8.91. The van der Waals surface area contributed by atoms with E-state index in [1.165, 1.54) is 48.8 Å². The quantitative estimate of drug-likeness (QED) is 0.515. The Bertz CT molecular complexity index is 1040. The largest absolute Gasteiger partial charge is 0.367 e. The Morgan fingerprint density at radius 1 is 0.879 bits per heavy atom. The number of benzene rings is 2. The van der Waals surface area contributed by atoms with E-state index in [1.54, 1.807) is 6.20 Å². The molecule has 0 aliphatic carbocycles. The van der Waals surface area contributed by atoms with Crippen LogP contribution in [0.15, 0.2) is 67.1 Å². The molecular formula is C28H34N4O. The van der Waals surface area contributed by atoms with Crippen LogP contribution in [0.4, 0.5) is 5.69 Å². The van der Waals surface area contributed by atoms with Crippen molar-refractivity contribution in [3.8, 4) is 0 Å². The summed E-state index contributed by atoms with van der Waals surface area (Å²) in [7, 11) is 0. The molecule has 0 fully saturated rings. The number of nitrogens with zero attached hydrogens (tertiary/aromatic N) is 4. The van der Waals surface area contributed by atoms with E-state index < -0.39 is 0 Å². The van der Waals surface area contributed by atoms with Crippen molar-refractivity contribution in [1.29, 1.82) is 0 Å². The molecule has 0 saturated carbocycles. The Kier molecular flexibility index (Phi) is 8.07. The van der Waals surface area contributed by atoms with Gasteiger partial charge in [0, 0.05) is 38.1 Å². The minimum absolute atomic E-state index is 0.0207. The van der Waals surface area contributed by atoms with Gasteiger partial charge in [-0.25, -0.2) is 9.97 Å². The molecule has 1 amide bonds. The number of hydrogen-bond donors (Lipinski definition) is 0. The summed E-state index contributed by atoms with van der Waals surface area (Å²) in [6.07, 6.45) is 10.2. The molecule has 2 heterocycles. The second-order valence-corrected chi connectivity index (χ2v) is 8.91. The number of amides is 1. The predicted molar refractivity (Wildman–Crippen MR) is 133 cm³/mol. The highest BCUT2D eigenvalue weighted by Gasteiger charge is 2.21. The van der Waals surface area contributed by atoms with E-state index in [-0.39, 0.29) is 5.91 Å². The molecule has 0 radical (unpaired) electrons. The first-order chi connectivity index (χ1) is 16.2. The molecule has 2 aromatic carbocycles. The van der Waals surface area contributed by atoms with E-state index in [9.17, 15) is 4.79 Å². The Morgan fingerprint density at radius 3 is 2.36 bits per heavy atom. The first kappa shape index (κ1) is 23.0. The maximum atomic E-state index is 13.5. The number of carbonyl (C=O) groups excluding carboxylic acids is 1. The first-order valence-corrected chi connectivity index (χ1v) is 12.1. The van der Waals surface area contributed by atoms with Gasteiger partial charge >= 0.3 is 0 Å². The van der Waals surface area contributed by atoms with Gasteiger partial charge in [0.2, 0.25) is 0 Å². The van der Waals surface area contributed by atoms with Crippen molar-refractivity contribution in [2.75, 3.05) is 18.0 Å². The fourth-order valence-corrected chi connectivity index (χ4v) is 4.58. The summed E-state index contributed by atoms with van der Waals surface area (Å²) < 4.78 is 0. The lowest BCUT2D eigenvalue weighted by molar-refractivity contribution is 0.0738. The van der Waals surface area contributed by atoms with E-state index in [4.69, 9.17) is 0 Å². The summed E-state index contributed by atoms with van der Waals surface area (Å²) in [6, 6.07) is 19.2. The minimum Gasteiger partial charge on any atom is -0.367 e. The molecule has 0 spiro atoms. The van der Waals surface area contributed by atoms with Gasteiger partial charge in [-0.15, -0.1) is 0 Å². The summed E-state index contributed by atoms with van der Waals surface area (Å²) in [4.78, 5) is 26.4. The zero-order valence-corrected chi connectivity index (χ0v) is 19.6. The lowest BCUT2D eigenvalue weighted by Gasteiger charge is -2.30. The smallest absolute Gasteiger partial charge is 0.257 e. The molecule has 0 atom stereocenters. The van der Waals surface area contributed by atoms with Crippen molar-refractivity contribution < 1.29 is 4.79 Å². The van der Waals surface area contributed by atoms with Gasteiger partial charge in [-0.1, -0.05) is 74.2 Å². The molecule has 0 bridgehead atoms. The summed E-state index contributed by atoms with van der Waals surface area (Å²) in [5.41, 5.74) is 5.05. The van der Waals surface area contributed by atoms with Gasteiger partial charge < -0.3 is 9.80 Å². The molecule has 5 heteroatoms. The molecule has 0 saturated heterocycles. The number of hydrogen-bond acceptors (Lipinski definition) is 4. The molecule has 33 heavy (non-hydrogen) atoms. The van der Waals surface area contributed by atoms with Gasteiger partial charge in [0.15, 0.2) is 0 Å². The lowest BCUT2D eigenvalue weighted by atomic mass is 10.1. The third kappa shape index (κ3) is 6.19. The van der Waals surface area contributed by atoms with Crippen molar-refractivity contribution in [1.82, 2.24) is 14.9 Å². The van der Waals surface area contributed by atoms with Crippen LogP contribution >= 0.6 is 0 Å². The lowest BCUT2D eigenvalue weighted by Crippen LogP contribution is -2.33. The van der Waals surface area contributed by atoms with Crippen LogP contribution in [0.2, 0.25) is 0 Å². The Morgan fingerprint density at radius 2 is 1.58 bits per heavy atom. The third-order valence-electron chi connectivity index (χ3n) is 6.44. The number of para-hydroxylation sites is 1. The van der Waals surface area contributed by atoms with Crippen LogP contribution in [-0.4, -0.2) is 33.9 Å². The van der Waals surface area contributed by atoms with E-state index >= 15 is 0 Å². The van der Waals surface area contributed by atoms with Crippen molar-refractivity contribution >= 4 is 11.6 Å². The molecule has 1 aliphatic rings. The summed E-state index contributed by atoms with van der Waals surface area (Å²) in [5.74, 6) is 0.0207. The summed E-state index contributed by atoms with van der Waals surface area (Å²) >= 11 is 0. The van der Waals surface area contributed by atoms with Gasteiger partial charge in [-0.2, -0.15) is 0 Å². The predicted octanol–water partition coefficient (Wildman–Crippen LogP) is 5.79. The molecule has 0 unspecified atom stereocenters. The van der Waals surface area contributed by atoms with Crippen molar-refractivity contribution in [2.45, 2.75) is 58.5 Å². The van der Waals surface area contributed by atoms with Gasteiger partial charge in [0.05, 0.1) is 11.3 Å². The second kappa shape index (κ2) is 11.6. The van der Waals surface area contributed by atoms with Crippen LogP contribution in [0.25, 0.3) is 0 Å². The average Bonchev–Trinajstić information content (AvgIpc) is 2.86. The Hall–Kier alpha value is -3.21. The van der Waals surface area contributed by atoms with Crippen LogP contribution in [-0.2, 0) is 13.1 Å². The van der Waals surface area contributed by atoms with Crippen molar-refractivity contribution in [3.63, 3.8) is 0 Å². The molecule has 4 rings (SSSR count). The van der Waals surface area contributed by atoms with E-state index in [2.05, 4.69) is 69.5 Å². The van der Waals surface area contributed by atoms with E-state index in [1.807, 2.05) is 11.8 Å². The number of aryl methyl sites for hydroxylation is 1. The molecule has 1 aromatic heterocycles. The zero-order valence-electron chi connectivity index (χ0n) is 19.6. The van der Waals surface area contributed by atoms with Crippen LogP contribution in [0, 0.1) is 6.92 Å². The third-order valence-corrected chi connectivity index (χ3v) is 6.44. The monoisotopic (exact) mass is 442 g/mol. The van der Waals surface area contributed by atoms with E-state index in [0.717, 1.165) is 38.2 Å². The standard InChI is InChI=1S/C28H34N4O/c1-23-26(19-29-22-30-23)28(33)32-18-12-5-3-2-4-11-17-31(20-24-13-7-6-8-14-24)27-16-10-9-15-25(27)21-32/h6-10,13-16,19,22H,2-5,11-12,17-18,20-21H2,1H3. The van der Waals surface area contributed by atoms with Crippen LogP contribution in [0.1, 0.15) is 65.7 Å². The number of carbonyl (C=O) groups is 1. The maximum absolute atomic E-state index is 13.5.